The second-order valence-corrected chi connectivity index (χ2v) is 7.19. The molecule has 0 aliphatic rings. The van der Waals surface area contributed by atoms with E-state index < -0.39 is 7.75 Å². The molecule has 0 unspecified atom stereocenters. The summed E-state index contributed by atoms with van der Waals surface area (Å²) in [5.74, 6) is 0.181. The van der Waals surface area contributed by atoms with Crippen molar-refractivity contribution in [3.63, 3.8) is 0 Å². The highest BCUT2D eigenvalue weighted by Crippen LogP contribution is 2.47. The molecule has 0 aliphatic carbocycles. The van der Waals surface area contributed by atoms with Crippen molar-refractivity contribution in [3.05, 3.63) is 59.7 Å². The SMILES string of the molecule is CCOP(=O)(Nc1nc2ccc(C(=O)c3ccccc3)cc2[nH]1)OCC. The predicted octanol–water partition coefficient (Wildman–Crippen LogP) is 4.39. The lowest BCUT2D eigenvalue weighted by Crippen LogP contribution is -2.05. The summed E-state index contributed by atoms with van der Waals surface area (Å²) in [4.78, 5) is 19.9. The Morgan fingerprint density at radius 1 is 1.08 bits per heavy atom. The third-order valence-electron chi connectivity index (χ3n) is 3.62. The number of hydrogen-bond donors (Lipinski definition) is 2. The van der Waals surface area contributed by atoms with Crippen LogP contribution in [0.3, 0.4) is 0 Å². The standard InChI is InChI=1S/C18H20N3O4P/c1-3-24-26(23,25-4-2)21-18-19-15-11-10-14(12-16(15)20-18)17(22)13-8-6-5-7-9-13/h5-12H,3-4H2,1-2H3,(H2,19,20,21,23). The third-order valence-corrected chi connectivity index (χ3v) is 5.30. The smallest absolute Gasteiger partial charge is 0.324 e. The summed E-state index contributed by atoms with van der Waals surface area (Å²) in [6, 6.07) is 14.2. The van der Waals surface area contributed by atoms with Gasteiger partial charge in [0.1, 0.15) is 0 Å². The second-order valence-electron chi connectivity index (χ2n) is 5.46. The van der Waals surface area contributed by atoms with Crippen molar-refractivity contribution in [1.29, 1.82) is 0 Å². The molecule has 0 radical (unpaired) electrons. The molecule has 0 atom stereocenters. The summed E-state index contributed by atoms with van der Waals surface area (Å²) in [5, 5.41) is 2.69. The van der Waals surface area contributed by atoms with Crippen LogP contribution in [0.5, 0.6) is 0 Å². The van der Waals surface area contributed by atoms with Crippen LogP contribution in [-0.4, -0.2) is 29.0 Å². The molecule has 26 heavy (non-hydrogen) atoms. The number of fused-ring (bicyclic) bond motifs is 1. The van der Waals surface area contributed by atoms with Crippen LogP contribution in [0, 0.1) is 0 Å². The van der Waals surface area contributed by atoms with Gasteiger partial charge >= 0.3 is 7.75 Å². The Balaban J connectivity index is 1.88. The molecule has 1 heterocycles. The van der Waals surface area contributed by atoms with Crippen LogP contribution >= 0.6 is 7.75 Å². The van der Waals surface area contributed by atoms with Crippen LogP contribution in [0.2, 0.25) is 0 Å². The summed E-state index contributed by atoms with van der Waals surface area (Å²) in [6.07, 6.45) is 0. The number of hydrogen-bond acceptors (Lipinski definition) is 5. The van der Waals surface area contributed by atoms with Gasteiger partial charge in [-0.3, -0.25) is 18.9 Å². The maximum atomic E-state index is 12.6. The summed E-state index contributed by atoms with van der Waals surface area (Å²) in [6.45, 7) is 3.93. The Morgan fingerprint density at radius 3 is 2.42 bits per heavy atom. The fourth-order valence-electron chi connectivity index (χ4n) is 2.53. The summed E-state index contributed by atoms with van der Waals surface area (Å²) in [5.41, 5.74) is 2.43. The minimum absolute atomic E-state index is 0.0779. The summed E-state index contributed by atoms with van der Waals surface area (Å²) in [7, 11) is -3.49. The summed E-state index contributed by atoms with van der Waals surface area (Å²) >= 11 is 0. The average Bonchev–Trinajstić information content (AvgIpc) is 3.03. The lowest BCUT2D eigenvalue weighted by Gasteiger charge is -2.16. The highest BCUT2D eigenvalue weighted by molar-refractivity contribution is 7.55. The van der Waals surface area contributed by atoms with E-state index in [-0.39, 0.29) is 24.9 Å². The quantitative estimate of drug-likeness (QED) is 0.449. The number of carbonyl (C=O) groups is 1. The fourth-order valence-corrected chi connectivity index (χ4v) is 3.78. The molecule has 0 amide bonds. The molecular weight excluding hydrogens is 353 g/mol. The number of aromatic nitrogens is 2. The van der Waals surface area contributed by atoms with Crippen LogP contribution < -0.4 is 5.09 Å². The van der Waals surface area contributed by atoms with Gasteiger partial charge in [0, 0.05) is 11.1 Å². The topological polar surface area (TPSA) is 93.3 Å². The number of imidazole rings is 1. The molecule has 3 rings (SSSR count). The van der Waals surface area contributed by atoms with Gasteiger partial charge in [0.2, 0.25) is 5.95 Å². The Hall–Kier alpha value is -2.47. The van der Waals surface area contributed by atoms with Gasteiger partial charge in [-0.15, -0.1) is 0 Å². The molecule has 0 saturated carbocycles. The van der Waals surface area contributed by atoms with Gasteiger partial charge in [-0.2, -0.15) is 0 Å². The van der Waals surface area contributed by atoms with E-state index in [1.54, 1.807) is 44.2 Å². The molecule has 0 spiro atoms. The molecule has 136 valence electrons. The normalized spacial score (nSPS) is 11.6. The Morgan fingerprint density at radius 2 is 1.77 bits per heavy atom. The number of anilines is 1. The zero-order valence-corrected chi connectivity index (χ0v) is 15.5. The predicted molar refractivity (Wildman–Crippen MR) is 100 cm³/mol. The average molecular weight is 373 g/mol. The maximum Gasteiger partial charge on any atom is 0.435 e. The van der Waals surface area contributed by atoms with Crippen LogP contribution in [0.4, 0.5) is 5.95 Å². The van der Waals surface area contributed by atoms with Gasteiger partial charge in [-0.05, 0) is 32.0 Å². The number of H-pyrrole nitrogens is 1. The van der Waals surface area contributed by atoms with E-state index in [9.17, 15) is 9.36 Å². The van der Waals surface area contributed by atoms with E-state index in [0.29, 0.717) is 22.2 Å². The first-order valence-electron chi connectivity index (χ1n) is 8.31. The first-order valence-corrected chi connectivity index (χ1v) is 9.86. The summed E-state index contributed by atoms with van der Waals surface area (Å²) < 4.78 is 22.9. The number of ketones is 1. The zero-order chi connectivity index (χ0) is 18.6. The second kappa shape index (κ2) is 7.83. The molecule has 1 aromatic heterocycles. The molecular formula is C18H20N3O4P. The van der Waals surface area contributed by atoms with E-state index in [1.807, 2.05) is 18.2 Å². The van der Waals surface area contributed by atoms with Gasteiger partial charge < -0.3 is 4.98 Å². The number of carbonyl (C=O) groups excluding carboxylic acids is 1. The van der Waals surface area contributed by atoms with Gasteiger partial charge in [0.05, 0.1) is 24.2 Å². The molecule has 2 aromatic carbocycles. The van der Waals surface area contributed by atoms with Crippen molar-refractivity contribution in [2.75, 3.05) is 18.3 Å². The number of rotatable bonds is 8. The molecule has 0 aliphatic heterocycles. The van der Waals surface area contributed by atoms with Crippen LogP contribution in [0.15, 0.2) is 48.5 Å². The van der Waals surface area contributed by atoms with Gasteiger partial charge in [-0.1, -0.05) is 30.3 Å². The largest absolute Gasteiger partial charge is 0.435 e. The van der Waals surface area contributed by atoms with Crippen molar-refractivity contribution in [2.45, 2.75) is 13.8 Å². The van der Waals surface area contributed by atoms with Gasteiger partial charge in [0.25, 0.3) is 0 Å². The highest BCUT2D eigenvalue weighted by Gasteiger charge is 2.25. The molecule has 7 nitrogen and oxygen atoms in total. The van der Waals surface area contributed by atoms with Crippen molar-refractivity contribution in [1.82, 2.24) is 9.97 Å². The Bertz CT molecular complexity index is 945. The fraction of sp³-hybridized carbons (Fsp3) is 0.222. The first-order chi connectivity index (χ1) is 12.5. The molecule has 8 heteroatoms. The molecule has 3 aromatic rings. The van der Waals surface area contributed by atoms with Gasteiger partial charge in [0.15, 0.2) is 5.78 Å². The van der Waals surface area contributed by atoms with Crippen molar-refractivity contribution in [3.8, 4) is 0 Å². The Labute approximate surface area is 151 Å². The van der Waals surface area contributed by atoms with E-state index in [0.717, 1.165) is 0 Å². The Kier molecular flexibility index (Phi) is 5.52. The maximum absolute atomic E-state index is 12.6. The lowest BCUT2D eigenvalue weighted by molar-refractivity contribution is 0.103. The van der Waals surface area contributed by atoms with Crippen LogP contribution in [0.25, 0.3) is 11.0 Å². The number of aromatic amines is 1. The van der Waals surface area contributed by atoms with Gasteiger partial charge in [-0.25, -0.2) is 9.55 Å². The van der Waals surface area contributed by atoms with E-state index in [1.165, 1.54) is 0 Å². The number of benzene rings is 2. The minimum atomic E-state index is -3.49. The van der Waals surface area contributed by atoms with E-state index in [4.69, 9.17) is 9.05 Å². The molecule has 0 fully saturated rings. The van der Waals surface area contributed by atoms with Crippen LogP contribution in [0.1, 0.15) is 29.8 Å². The minimum Gasteiger partial charge on any atom is -0.324 e. The number of nitrogens with one attached hydrogen (secondary N) is 2. The van der Waals surface area contributed by atoms with Crippen molar-refractivity contribution in [2.24, 2.45) is 0 Å². The first kappa shape index (κ1) is 18.3. The molecule has 0 bridgehead atoms. The van der Waals surface area contributed by atoms with E-state index >= 15 is 0 Å². The third kappa shape index (κ3) is 4.02. The zero-order valence-electron chi connectivity index (χ0n) is 14.6. The van der Waals surface area contributed by atoms with Crippen LogP contribution in [-0.2, 0) is 13.6 Å². The monoisotopic (exact) mass is 373 g/mol. The highest BCUT2D eigenvalue weighted by atomic mass is 31.2. The van der Waals surface area contributed by atoms with Crippen molar-refractivity contribution >= 4 is 30.5 Å². The van der Waals surface area contributed by atoms with E-state index in [2.05, 4.69) is 15.1 Å². The molecule has 0 saturated heterocycles. The number of nitrogens with zero attached hydrogens (tertiary/aromatic N) is 1. The molecule has 2 N–H and O–H groups in total. The lowest BCUT2D eigenvalue weighted by atomic mass is 10.0. The van der Waals surface area contributed by atoms with Crippen molar-refractivity contribution < 1.29 is 18.4 Å².